The molecule has 2 aliphatic heterocycles. The number of likely N-dealkylation sites (tertiary alicyclic amines) is 1. The van der Waals surface area contributed by atoms with Crippen LogP contribution < -0.4 is 15.5 Å². The van der Waals surface area contributed by atoms with Crippen LogP contribution in [-0.4, -0.2) is 77.5 Å². The number of carbonyl (C=O) groups is 1. The Morgan fingerprint density at radius 2 is 1.97 bits per heavy atom. The minimum absolute atomic E-state index is 0.0420. The van der Waals surface area contributed by atoms with E-state index in [1.165, 1.54) is 0 Å². The smallest absolute Gasteiger partial charge is 0.321 e. The molecule has 194 valence electrons. The second-order valence-electron chi connectivity index (χ2n) is 10.3. The fraction of sp³-hybridized carbons (Fsp3) is 0.593. The van der Waals surface area contributed by atoms with Gasteiger partial charge in [0.15, 0.2) is 0 Å². The van der Waals surface area contributed by atoms with Crippen molar-refractivity contribution in [1.29, 1.82) is 0 Å². The first-order valence-corrected chi connectivity index (χ1v) is 13.3. The molecule has 0 unspecified atom stereocenters. The topological polar surface area (TPSA) is 103 Å². The lowest BCUT2D eigenvalue weighted by atomic mass is 10.0. The van der Waals surface area contributed by atoms with Crippen LogP contribution >= 0.6 is 0 Å². The molecule has 3 N–H and O–H groups in total. The Labute approximate surface area is 213 Å². The molecule has 9 nitrogen and oxygen atoms in total. The molecule has 1 aliphatic carbocycles. The van der Waals surface area contributed by atoms with Gasteiger partial charge in [0.25, 0.3) is 0 Å². The van der Waals surface area contributed by atoms with Gasteiger partial charge in [-0.1, -0.05) is 19.4 Å². The number of aliphatic hydroxyl groups is 1. The third kappa shape index (κ3) is 5.73. The molecule has 3 atom stereocenters. The molecule has 0 bridgehead atoms. The van der Waals surface area contributed by atoms with E-state index in [-0.39, 0.29) is 18.2 Å². The van der Waals surface area contributed by atoms with E-state index in [4.69, 9.17) is 14.7 Å². The van der Waals surface area contributed by atoms with Crippen molar-refractivity contribution >= 4 is 23.5 Å². The molecule has 3 heterocycles. The third-order valence-electron chi connectivity index (χ3n) is 7.70. The van der Waals surface area contributed by atoms with Crippen LogP contribution in [0.25, 0.3) is 11.3 Å². The Morgan fingerprint density at radius 1 is 1.14 bits per heavy atom. The van der Waals surface area contributed by atoms with Crippen molar-refractivity contribution < 1.29 is 14.6 Å². The summed E-state index contributed by atoms with van der Waals surface area (Å²) in [6.45, 7) is 8.78. The lowest BCUT2D eigenvalue weighted by molar-refractivity contribution is 0.122. The summed E-state index contributed by atoms with van der Waals surface area (Å²) in [5, 5.41) is 16.5. The monoisotopic (exact) mass is 494 g/mol. The summed E-state index contributed by atoms with van der Waals surface area (Å²) >= 11 is 0. The summed E-state index contributed by atoms with van der Waals surface area (Å²) in [6, 6.07) is 8.13. The van der Waals surface area contributed by atoms with Gasteiger partial charge in [0, 0.05) is 49.5 Å². The normalized spacial score (nSPS) is 24.2. The first-order valence-electron chi connectivity index (χ1n) is 13.3. The van der Waals surface area contributed by atoms with Crippen molar-refractivity contribution in [2.45, 2.75) is 58.1 Å². The average Bonchev–Trinajstić information content (AvgIpc) is 3.54. The Bertz CT molecular complexity index is 1070. The summed E-state index contributed by atoms with van der Waals surface area (Å²) in [7, 11) is 0. The maximum atomic E-state index is 12.9. The lowest BCUT2D eigenvalue weighted by Gasteiger charge is -2.28. The number of hydrogen-bond donors (Lipinski definition) is 3. The molecule has 9 heteroatoms. The number of hydrogen-bond acceptors (Lipinski definition) is 7. The Kier molecular flexibility index (Phi) is 7.57. The molecule has 2 saturated heterocycles. The van der Waals surface area contributed by atoms with E-state index in [0.29, 0.717) is 31.5 Å². The number of benzene rings is 1. The largest absolute Gasteiger partial charge is 0.393 e. The molecule has 2 amide bonds. The number of aromatic nitrogens is 2. The van der Waals surface area contributed by atoms with Crippen LogP contribution in [0.2, 0.25) is 0 Å². The summed E-state index contributed by atoms with van der Waals surface area (Å²) in [6.07, 6.45) is 4.31. The number of nitrogens with zero attached hydrogens (tertiary/aromatic N) is 4. The fourth-order valence-corrected chi connectivity index (χ4v) is 5.39. The minimum Gasteiger partial charge on any atom is -0.393 e. The number of ether oxygens (including phenoxy) is 1. The number of aryl methyl sites for hydroxylation is 1. The van der Waals surface area contributed by atoms with Gasteiger partial charge in [0.1, 0.15) is 5.82 Å². The highest BCUT2D eigenvalue weighted by Gasteiger charge is 2.26. The molecule has 3 aliphatic rings. The molecule has 36 heavy (non-hydrogen) atoms. The van der Waals surface area contributed by atoms with E-state index in [1.54, 1.807) is 0 Å². The molecule has 3 fully saturated rings. The quantitative estimate of drug-likeness (QED) is 0.560. The Morgan fingerprint density at radius 3 is 2.69 bits per heavy atom. The zero-order chi connectivity index (χ0) is 25.1. The van der Waals surface area contributed by atoms with E-state index in [1.807, 2.05) is 29.2 Å². The van der Waals surface area contributed by atoms with Crippen LogP contribution in [0.3, 0.4) is 0 Å². The summed E-state index contributed by atoms with van der Waals surface area (Å²) in [4.78, 5) is 26.7. The van der Waals surface area contributed by atoms with E-state index in [2.05, 4.69) is 29.4 Å². The van der Waals surface area contributed by atoms with Crippen LogP contribution in [0, 0.1) is 12.8 Å². The van der Waals surface area contributed by atoms with E-state index in [0.717, 1.165) is 80.2 Å². The van der Waals surface area contributed by atoms with E-state index in [9.17, 15) is 9.90 Å². The highest BCUT2D eigenvalue weighted by atomic mass is 16.5. The highest BCUT2D eigenvalue weighted by Crippen LogP contribution is 2.31. The van der Waals surface area contributed by atoms with Gasteiger partial charge in [-0.15, -0.1) is 0 Å². The van der Waals surface area contributed by atoms with Crippen molar-refractivity contribution in [3.8, 4) is 11.3 Å². The van der Waals surface area contributed by atoms with Gasteiger partial charge in [-0.2, -0.15) is 4.98 Å². The number of carbonyl (C=O) groups excluding carboxylic acids is 1. The molecule has 0 spiro atoms. The number of amides is 2. The van der Waals surface area contributed by atoms with Crippen LogP contribution in [-0.2, 0) is 4.74 Å². The van der Waals surface area contributed by atoms with Crippen molar-refractivity contribution in [3.63, 3.8) is 0 Å². The average molecular weight is 495 g/mol. The maximum Gasteiger partial charge on any atom is 0.321 e. The van der Waals surface area contributed by atoms with Crippen LogP contribution in [0.4, 0.5) is 22.2 Å². The SMILES string of the molecule is CC[C@@H]1CCN(C(=O)Nc2ccc(C)c(-c3cc(N4CCOCC4)nc(N[C@H]4CC[C@H](O)C4)n3)c2)C1. The third-order valence-corrected chi connectivity index (χ3v) is 7.70. The van der Waals surface area contributed by atoms with Crippen molar-refractivity contribution in [3.05, 3.63) is 29.8 Å². The number of anilines is 3. The summed E-state index contributed by atoms with van der Waals surface area (Å²) in [5.74, 6) is 2.03. The van der Waals surface area contributed by atoms with Crippen LogP contribution in [0.15, 0.2) is 24.3 Å². The molecule has 1 aromatic heterocycles. The number of urea groups is 1. The molecule has 1 saturated carbocycles. The fourth-order valence-electron chi connectivity index (χ4n) is 5.39. The Hall–Kier alpha value is -2.91. The van der Waals surface area contributed by atoms with Crippen LogP contribution in [0.1, 0.15) is 44.6 Å². The predicted octanol–water partition coefficient (Wildman–Crippen LogP) is 3.88. The van der Waals surface area contributed by atoms with Gasteiger partial charge < -0.3 is 30.3 Å². The summed E-state index contributed by atoms with van der Waals surface area (Å²) < 4.78 is 5.54. The number of morpholine rings is 1. The highest BCUT2D eigenvalue weighted by molar-refractivity contribution is 5.90. The van der Waals surface area contributed by atoms with E-state index >= 15 is 0 Å². The summed E-state index contributed by atoms with van der Waals surface area (Å²) in [5.41, 5.74) is 3.62. The molecule has 2 aromatic rings. The molecular formula is C27H38N6O3. The molecule has 1 aromatic carbocycles. The minimum atomic E-state index is -0.268. The lowest BCUT2D eigenvalue weighted by Crippen LogP contribution is -2.37. The first kappa shape index (κ1) is 24.8. The number of rotatable bonds is 6. The van der Waals surface area contributed by atoms with Crippen molar-refractivity contribution in [1.82, 2.24) is 14.9 Å². The van der Waals surface area contributed by atoms with E-state index < -0.39 is 0 Å². The predicted molar refractivity (Wildman–Crippen MR) is 141 cm³/mol. The zero-order valence-electron chi connectivity index (χ0n) is 21.4. The van der Waals surface area contributed by atoms with Crippen molar-refractivity contribution in [2.75, 3.05) is 54.9 Å². The van der Waals surface area contributed by atoms with Gasteiger partial charge in [-0.25, -0.2) is 9.78 Å². The second-order valence-corrected chi connectivity index (χ2v) is 10.3. The van der Waals surface area contributed by atoms with Crippen molar-refractivity contribution in [2.24, 2.45) is 5.92 Å². The first-order chi connectivity index (χ1) is 17.5. The van der Waals surface area contributed by atoms with Gasteiger partial charge in [0.2, 0.25) is 5.95 Å². The number of nitrogens with one attached hydrogen (secondary N) is 2. The van der Waals surface area contributed by atoms with Crippen LogP contribution in [0.5, 0.6) is 0 Å². The zero-order valence-corrected chi connectivity index (χ0v) is 21.4. The molecule has 5 rings (SSSR count). The van der Waals surface area contributed by atoms with Gasteiger partial charge in [-0.3, -0.25) is 0 Å². The maximum absolute atomic E-state index is 12.9. The second kappa shape index (κ2) is 11.0. The standard InChI is InChI=1S/C27H38N6O3/c1-3-19-8-9-33(17-19)27(35)29-21-5-4-18(2)23(15-21)24-16-25(32-10-12-36-13-11-32)31-26(30-24)28-20-6-7-22(34)14-20/h4-5,15-16,19-20,22,34H,3,6-14,17H2,1-2H3,(H,29,35)(H,28,30,31)/t19-,20+,22+/m1/s1. The van der Waals surface area contributed by atoms with Gasteiger partial charge in [0.05, 0.1) is 25.0 Å². The van der Waals surface area contributed by atoms with Gasteiger partial charge in [-0.05, 0) is 56.2 Å². The van der Waals surface area contributed by atoms with Gasteiger partial charge >= 0.3 is 6.03 Å². The Balaban J connectivity index is 1.41. The molecule has 0 radical (unpaired) electrons. The molecular weight excluding hydrogens is 456 g/mol. The number of aliphatic hydroxyl groups excluding tert-OH is 1.